The summed E-state index contributed by atoms with van der Waals surface area (Å²) in [5, 5.41) is 0. The molecule has 0 spiro atoms. The zero-order valence-electron chi connectivity index (χ0n) is 7.37. The molecular formula is C7H17N3O. The van der Waals surface area contributed by atoms with Crippen LogP contribution in [0.4, 0.5) is 0 Å². The molecule has 0 aromatic carbocycles. The number of carbonyl (C=O) groups excluding carboxylic acids is 1. The van der Waals surface area contributed by atoms with Crippen LogP contribution in [0.25, 0.3) is 0 Å². The molecule has 0 aliphatic carbocycles. The van der Waals surface area contributed by atoms with E-state index in [1.54, 1.807) is 6.92 Å². The van der Waals surface area contributed by atoms with E-state index in [-0.39, 0.29) is 18.0 Å². The topological polar surface area (TPSA) is 72.4 Å². The normalized spacial score (nSPS) is 16.5. The average Bonchev–Trinajstić information content (AvgIpc) is 2.00. The molecule has 1 amide bonds. The van der Waals surface area contributed by atoms with E-state index in [9.17, 15) is 4.79 Å². The third-order valence-corrected chi connectivity index (χ3v) is 2.06. The maximum absolute atomic E-state index is 10.7. The standard InChI is InChI=1S/C7H17N3O/c1-5(4-8)10(3)6(2)7(9)11/h5-6H,4,8H2,1-3H3,(H2,9,11)/t5-,6?/m1/s1. The number of nitrogens with zero attached hydrogens (tertiary/aromatic N) is 1. The zero-order chi connectivity index (χ0) is 9.02. The second-order valence-electron chi connectivity index (χ2n) is 2.83. The van der Waals surface area contributed by atoms with Gasteiger partial charge < -0.3 is 11.5 Å². The highest BCUT2D eigenvalue weighted by Crippen LogP contribution is 1.99. The summed E-state index contributed by atoms with van der Waals surface area (Å²) in [5.74, 6) is -0.312. The monoisotopic (exact) mass is 159 g/mol. The fraction of sp³-hybridized carbons (Fsp3) is 0.857. The van der Waals surface area contributed by atoms with Crippen LogP contribution in [-0.4, -0.2) is 36.5 Å². The molecule has 0 saturated carbocycles. The highest BCUT2D eigenvalue weighted by atomic mass is 16.1. The fourth-order valence-electron chi connectivity index (χ4n) is 0.749. The van der Waals surface area contributed by atoms with Crippen molar-refractivity contribution in [3.63, 3.8) is 0 Å². The molecule has 0 heterocycles. The van der Waals surface area contributed by atoms with Gasteiger partial charge in [-0.1, -0.05) is 0 Å². The molecule has 0 aromatic heterocycles. The van der Waals surface area contributed by atoms with Crippen LogP contribution in [0.5, 0.6) is 0 Å². The first kappa shape index (κ1) is 10.4. The van der Waals surface area contributed by atoms with Gasteiger partial charge in [0, 0.05) is 12.6 Å². The molecule has 4 N–H and O–H groups in total. The Morgan fingerprint density at radius 1 is 1.55 bits per heavy atom. The minimum absolute atomic E-state index is 0.192. The van der Waals surface area contributed by atoms with Gasteiger partial charge in [0.05, 0.1) is 6.04 Å². The van der Waals surface area contributed by atoms with Crippen molar-refractivity contribution < 1.29 is 4.79 Å². The Hall–Kier alpha value is -0.610. The van der Waals surface area contributed by atoms with Crippen LogP contribution >= 0.6 is 0 Å². The molecule has 4 nitrogen and oxygen atoms in total. The van der Waals surface area contributed by atoms with Crippen LogP contribution in [0, 0.1) is 0 Å². The Morgan fingerprint density at radius 2 is 2.00 bits per heavy atom. The predicted octanol–water partition coefficient (Wildman–Crippen LogP) is -0.861. The Labute approximate surface area is 67.5 Å². The van der Waals surface area contributed by atoms with Gasteiger partial charge in [-0.15, -0.1) is 0 Å². The Bertz CT molecular complexity index is 138. The SMILES string of the molecule is CC(C(N)=O)N(C)[C@H](C)CN. The molecule has 11 heavy (non-hydrogen) atoms. The van der Waals surface area contributed by atoms with E-state index in [4.69, 9.17) is 11.5 Å². The van der Waals surface area contributed by atoms with Gasteiger partial charge in [-0.2, -0.15) is 0 Å². The van der Waals surface area contributed by atoms with Crippen LogP contribution in [0.1, 0.15) is 13.8 Å². The summed E-state index contributed by atoms with van der Waals surface area (Å²) in [5.41, 5.74) is 10.5. The quantitative estimate of drug-likeness (QED) is 0.560. The highest BCUT2D eigenvalue weighted by Gasteiger charge is 2.18. The molecule has 4 heteroatoms. The summed E-state index contributed by atoms with van der Waals surface area (Å²) in [7, 11) is 1.84. The van der Waals surface area contributed by atoms with Crippen molar-refractivity contribution in [1.29, 1.82) is 0 Å². The van der Waals surface area contributed by atoms with Gasteiger partial charge in [-0.3, -0.25) is 9.69 Å². The molecule has 0 rings (SSSR count). The number of hydrogen-bond donors (Lipinski definition) is 2. The Morgan fingerprint density at radius 3 is 2.27 bits per heavy atom. The van der Waals surface area contributed by atoms with Gasteiger partial charge in [0.15, 0.2) is 0 Å². The van der Waals surface area contributed by atoms with Gasteiger partial charge in [-0.05, 0) is 20.9 Å². The van der Waals surface area contributed by atoms with Crippen molar-refractivity contribution in [2.24, 2.45) is 11.5 Å². The van der Waals surface area contributed by atoms with Crippen LogP contribution in [-0.2, 0) is 4.79 Å². The van der Waals surface area contributed by atoms with E-state index in [1.165, 1.54) is 0 Å². The summed E-state index contributed by atoms with van der Waals surface area (Å²) >= 11 is 0. The number of amides is 1. The maximum Gasteiger partial charge on any atom is 0.234 e. The number of hydrogen-bond acceptors (Lipinski definition) is 3. The molecule has 0 aliphatic rings. The maximum atomic E-state index is 10.7. The molecule has 0 saturated heterocycles. The Kier molecular flexibility index (Phi) is 4.07. The number of primary amides is 1. The van der Waals surface area contributed by atoms with E-state index in [2.05, 4.69) is 0 Å². The van der Waals surface area contributed by atoms with E-state index in [0.29, 0.717) is 6.54 Å². The molecule has 0 bridgehead atoms. The lowest BCUT2D eigenvalue weighted by atomic mass is 10.2. The molecule has 0 radical (unpaired) electrons. The first-order valence-electron chi connectivity index (χ1n) is 3.72. The lowest BCUT2D eigenvalue weighted by molar-refractivity contribution is -0.122. The second-order valence-corrected chi connectivity index (χ2v) is 2.83. The molecule has 1 unspecified atom stereocenters. The van der Waals surface area contributed by atoms with Gasteiger partial charge in [-0.25, -0.2) is 0 Å². The van der Waals surface area contributed by atoms with Crippen molar-refractivity contribution in [2.45, 2.75) is 25.9 Å². The lowest BCUT2D eigenvalue weighted by Gasteiger charge is -2.27. The summed E-state index contributed by atoms with van der Waals surface area (Å²) in [6.07, 6.45) is 0. The van der Waals surface area contributed by atoms with Crippen molar-refractivity contribution in [3.8, 4) is 0 Å². The van der Waals surface area contributed by atoms with Crippen molar-refractivity contribution >= 4 is 5.91 Å². The van der Waals surface area contributed by atoms with Gasteiger partial charge in [0.1, 0.15) is 0 Å². The third-order valence-electron chi connectivity index (χ3n) is 2.06. The van der Waals surface area contributed by atoms with Gasteiger partial charge in [0.25, 0.3) is 0 Å². The van der Waals surface area contributed by atoms with E-state index < -0.39 is 0 Å². The molecular weight excluding hydrogens is 142 g/mol. The van der Waals surface area contributed by atoms with Gasteiger partial charge >= 0.3 is 0 Å². The van der Waals surface area contributed by atoms with Crippen LogP contribution in [0.2, 0.25) is 0 Å². The summed E-state index contributed by atoms with van der Waals surface area (Å²) < 4.78 is 0. The van der Waals surface area contributed by atoms with Crippen molar-refractivity contribution in [2.75, 3.05) is 13.6 Å². The molecule has 0 aliphatic heterocycles. The second kappa shape index (κ2) is 4.31. The highest BCUT2D eigenvalue weighted by molar-refractivity contribution is 5.79. The largest absolute Gasteiger partial charge is 0.368 e. The number of likely N-dealkylation sites (N-methyl/N-ethyl adjacent to an activating group) is 1. The van der Waals surface area contributed by atoms with E-state index in [1.807, 2.05) is 18.9 Å². The fourth-order valence-corrected chi connectivity index (χ4v) is 0.749. The lowest BCUT2D eigenvalue weighted by Crippen LogP contribution is -2.47. The van der Waals surface area contributed by atoms with Gasteiger partial charge in [0.2, 0.25) is 5.91 Å². The predicted molar refractivity (Wildman–Crippen MR) is 44.9 cm³/mol. The van der Waals surface area contributed by atoms with Crippen molar-refractivity contribution in [1.82, 2.24) is 4.90 Å². The zero-order valence-corrected chi connectivity index (χ0v) is 7.37. The minimum Gasteiger partial charge on any atom is -0.368 e. The first-order chi connectivity index (χ1) is 5.00. The number of nitrogens with two attached hydrogens (primary N) is 2. The third kappa shape index (κ3) is 2.86. The average molecular weight is 159 g/mol. The minimum atomic E-state index is -0.312. The number of carbonyl (C=O) groups is 1. The molecule has 0 aromatic rings. The van der Waals surface area contributed by atoms with E-state index in [0.717, 1.165) is 0 Å². The number of rotatable bonds is 4. The summed E-state index contributed by atoms with van der Waals surface area (Å²) in [6.45, 7) is 4.27. The first-order valence-corrected chi connectivity index (χ1v) is 3.72. The molecule has 66 valence electrons. The molecule has 2 atom stereocenters. The van der Waals surface area contributed by atoms with Crippen molar-refractivity contribution in [3.05, 3.63) is 0 Å². The molecule has 0 fully saturated rings. The Balaban J connectivity index is 4.00. The van der Waals surface area contributed by atoms with Crippen LogP contribution in [0.15, 0.2) is 0 Å². The van der Waals surface area contributed by atoms with Crippen LogP contribution < -0.4 is 11.5 Å². The van der Waals surface area contributed by atoms with Crippen LogP contribution in [0.3, 0.4) is 0 Å². The smallest absolute Gasteiger partial charge is 0.234 e. The summed E-state index contributed by atoms with van der Waals surface area (Å²) in [4.78, 5) is 12.6. The summed E-state index contributed by atoms with van der Waals surface area (Å²) in [6, 6.07) is -0.0500. The van der Waals surface area contributed by atoms with E-state index >= 15 is 0 Å².